The van der Waals surface area contributed by atoms with Gasteiger partial charge < -0.3 is 28.8 Å². The van der Waals surface area contributed by atoms with Gasteiger partial charge >= 0.3 is 0 Å². The summed E-state index contributed by atoms with van der Waals surface area (Å²) < 4.78 is 22.4. The van der Waals surface area contributed by atoms with Gasteiger partial charge in [0.1, 0.15) is 11.8 Å². The Balaban J connectivity index is 1.96. The van der Waals surface area contributed by atoms with Crippen molar-refractivity contribution >= 4 is 0 Å². The summed E-state index contributed by atoms with van der Waals surface area (Å²) in [7, 11) is 6.55. The fourth-order valence-corrected chi connectivity index (χ4v) is 4.01. The van der Waals surface area contributed by atoms with E-state index >= 15 is 0 Å². The monoisotopic (exact) mass is 357 g/mol. The van der Waals surface area contributed by atoms with Crippen molar-refractivity contribution in [3.05, 3.63) is 46.2 Å². The fraction of sp³-hybridized carbons (Fsp3) is 0.400. The minimum atomic E-state index is -0.329. The molecule has 0 spiro atoms. The van der Waals surface area contributed by atoms with E-state index in [2.05, 4.69) is 0 Å². The third-order valence-electron chi connectivity index (χ3n) is 5.48. The Bertz CT molecular complexity index is 862. The highest BCUT2D eigenvalue weighted by Gasteiger charge is 2.40. The van der Waals surface area contributed by atoms with Crippen LogP contribution >= 0.6 is 0 Å². The van der Waals surface area contributed by atoms with Crippen molar-refractivity contribution in [2.75, 3.05) is 34.9 Å². The number of hydrogen-bond acceptors (Lipinski definition) is 5. The van der Waals surface area contributed by atoms with Crippen molar-refractivity contribution < 1.29 is 23.6 Å². The lowest BCUT2D eigenvalue weighted by Crippen LogP contribution is -2.47. The first-order chi connectivity index (χ1) is 12.5. The predicted molar refractivity (Wildman–Crippen MR) is 97.2 cm³/mol. The highest BCUT2D eigenvalue weighted by atomic mass is 16.5. The maximum Gasteiger partial charge on any atom is 0.178 e. The van der Waals surface area contributed by atoms with Crippen LogP contribution in [0.2, 0.25) is 0 Å². The van der Waals surface area contributed by atoms with Crippen LogP contribution in [-0.4, -0.2) is 39.6 Å². The molecule has 0 N–H and O–H groups in total. The van der Waals surface area contributed by atoms with E-state index in [1.165, 1.54) is 0 Å². The minimum Gasteiger partial charge on any atom is -0.633 e. The van der Waals surface area contributed by atoms with Crippen LogP contribution in [0.5, 0.6) is 28.7 Å². The molecule has 0 aromatic heterocycles. The first-order valence-corrected chi connectivity index (χ1v) is 8.67. The first kappa shape index (κ1) is 17.0. The van der Waals surface area contributed by atoms with Gasteiger partial charge in [-0.2, -0.15) is 0 Å². The summed E-state index contributed by atoms with van der Waals surface area (Å²) in [5, 5.41) is 13.3. The topological polar surface area (TPSA) is 60.0 Å². The molecule has 4 rings (SSSR count). The molecule has 2 heterocycles. The smallest absolute Gasteiger partial charge is 0.178 e. The van der Waals surface area contributed by atoms with Gasteiger partial charge in [0.05, 0.1) is 40.5 Å². The second-order valence-corrected chi connectivity index (χ2v) is 6.95. The molecule has 0 radical (unpaired) electrons. The van der Waals surface area contributed by atoms with Crippen LogP contribution < -0.4 is 18.9 Å². The number of likely N-dealkylation sites (N-methyl/N-ethyl adjacent to an activating group) is 1. The van der Waals surface area contributed by atoms with E-state index in [9.17, 15) is 5.21 Å². The Morgan fingerprint density at radius 1 is 1.00 bits per heavy atom. The average molecular weight is 357 g/mol. The summed E-state index contributed by atoms with van der Waals surface area (Å²) in [5.41, 5.74) is 3.05. The molecule has 0 aliphatic carbocycles. The molecule has 0 saturated heterocycles. The van der Waals surface area contributed by atoms with Crippen molar-refractivity contribution in [3.8, 4) is 28.7 Å². The van der Waals surface area contributed by atoms with Crippen LogP contribution in [0.25, 0.3) is 0 Å². The molecule has 2 aromatic rings. The van der Waals surface area contributed by atoms with Crippen LogP contribution in [0.4, 0.5) is 0 Å². The van der Waals surface area contributed by atoms with Crippen molar-refractivity contribution in [3.63, 3.8) is 0 Å². The number of nitrogens with zero attached hydrogens (tertiary/aromatic N) is 1. The Labute approximate surface area is 153 Å². The zero-order chi connectivity index (χ0) is 18.5. The van der Waals surface area contributed by atoms with Crippen LogP contribution in [0, 0.1) is 5.21 Å². The van der Waals surface area contributed by atoms with E-state index in [0.29, 0.717) is 41.7 Å². The number of quaternary nitrogens is 1. The Hall–Kier alpha value is -2.44. The van der Waals surface area contributed by atoms with Crippen LogP contribution in [0.3, 0.4) is 0 Å². The van der Waals surface area contributed by atoms with Gasteiger partial charge in [-0.1, -0.05) is 6.07 Å². The third kappa shape index (κ3) is 2.48. The predicted octanol–water partition coefficient (Wildman–Crippen LogP) is 3.60. The number of fused-ring (bicyclic) bond motifs is 1. The zero-order valence-corrected chi connectivity index (χ0v) is 15.5. The van der Waals surface area contributed by atoms with E-state index in [1.807, 2.05) is 24.3 Å². The molecule has 2 aromatic carbocycles. The summed E-state index contributed by atoms with van der Waals surface area (Å²) >= 11 is 0. The molecule has 2 aliphatic heterocycles. The van der Waals surface area contributed by atoms with Gasteiger partial charge in [0.2, 0.25) is 0 Å². The molecule has 26 heavy (non-hydrogen) atoms. The van der Waals surface area contributed by atoms with Gasteiger partial charge in [-0.25, -0.2) is 0 Å². The summed E-state index contributed by atoms with van der Waals surface area (Å²) in [6, 6.07) is 7.44. The highest BCUT2D eigenvalue weighted by Crippen LogP contribution is 2.51. The molecular weight excluding hydrogens is 334 g/mol. The number of methoxy groups -OCH3 is 3. The SMILES string of the molecule is COc1cc2c(cc1OC)Oc1c(OC)ccc3c1[C@H](C2)[N+](C)([O-])CC3. The number of benzene rings is 2. The molecule has 138 valence electrons. The van der Waals surface area contributed by atoms with Crippen LogP contribution in [0.15, 0.2) is 24.3 Å². The van der Waals surface area contributed by atoms with Gasteiger partial charge in [0, 0.05) is 24.5 Å². The standard InChI is InChI=1S/C20H23NO5/c1-21(22)8-7-12-5-6-15(23-2)20-19(12)14(21)9-13-10-17(24-3)18(25-4)11-16(13)26-20/h5-6,10-11,14H,7-9H2,1-4H3/t14-,21?/m0/s1. The summed E-state index contributed by atoms with van der Waals surface area (Å²) in [6.07, 6.45) is 1.30. The number of hydroxylamine groups is 3. The molecule has 6 nitrogen and oxygen atoms in total. The van der Waals surface area contributed by atoms with Crippen molar-refractivity contribution in [1.29, 1.82) is 0 Å². The molecule has 6 heteroatoms. The van der Waals surface area contributed by atoms with E-state index in [4.69, 9.17) is 18.9 Å². The van der Waals surface area contributed by atoms with Crippen molar-refractivity contribution in [2.24, 2.45) is 0 Å². The molecular formula is C20H23NO5. The van der Waals surface area contributed by atoms with E-state index in [-0.39, 0.29) is 10.7 Å². The minimum absolute atomic E-state index is 0.247. The number of ether oxygens (including phenoxy) is 4. The molecule has 1 unspecified atom stereocenters. The van der Waals surface area contributed by atoms with Gasteiger partial charge in [-0.15, -0.1) is 0 Å². The average Bonchev–Trinajstić information content (AvgIpc) is 2.81. The quantitative estimate of drug-likeness (QED) is 0.620. The Morgan fingerprint density at radius 2 is 1.69 bits per heavy atom. The second kappa shape index (κ2) is 6.07. The normalized spacial score (nSPS) is 23.2. The molecule has 2 atom stereocenters. The maximum absolute atomic E-state index is 13.3. The number of hydrogen-bond donors (Lipinski definition) is 0. The lowest BCUT2D eigenvalue weighted by molar-refractivity contribution is -0.894. The lowest BCUT2D eigenvalue weighted by Gasteiger charge is -2.49. The van der Waals surface area contributed by atoms with Gasteiger partial charge in [0.15, 0.2) is 23.0 Å². The Morgan fingerprint density at radius 3 is 2.38 bits per heavy atom. The molecule has 2 aliphatic rings. The summed E-state index contributed by atoms with van der Waals surface area (Å²) in [6.45, 7) is 0.548. The lowest BCUT2D eigenvalue weighted by atomic mass is 9.88. The first-order valence-electron chi connectivity index (χ1n) is 8.67. The number of rotatable bonds is 3. The largest absolute Gasteiger partial charge is 0.633 e. The van der Waals surface area contributed by atoms with Gasteiger partial charge in [-0.3, -0.25) is 0 Å². The second-order valence-electron chi connectivity index (χ2n) is 6.95. The van der Waals surface area contributed by atoms with E-state index in [1.54, 1.807) is 28.4 Å². The fourth-order valence-electron chi connectivity index (χ4n) is 4.01. The van der Waals surface area contributed by atoms with E-state index in [0.717, 1.165) is 23.1 Å². The zero-order valence-electron chi connectivity index (χ0n) is 15.5. The highest BCUT2D eigenvalue weighted by molar-refractivity contribution is 5.60. The van der Waals surface area contributed by atoms with Gasteiger partial charge in [0.25, 0.3) is 0 Å². The Kier molecular flexibility index (Phi) is 3.97. The van der Waals surface area contributed by atoms with Crippen LogP contribution in [0.1, 0.15) is 22.7 Å². The van der Waals surface area contributed by atoms with Crippen LogP contribution in [-0.2, 0) is 12.8 Å². The summed E-state index contributed by atoms with van der Waals surface area (Å²) in [4.78, 5) is 0. The van der Waals surface area contributed by atoms with E-state index < -0.39 is 0 Å². The third-order valence-corrected chi connectivity index (χ3v) is 5.48. The molecule has 0 fully saturated rings. The molecule has 0 bridgehead atoms. The van der Waals surface area contributed by atoms with Crippen molar-refractivity contribution in [1.82, 2.24) is 0 Å². The maximum atomic E-state index is 13.3. The molecule has 0 amide bonds. The molecule has 0 saturated carbocycles. The van der Waals surface area contributed by atoms with Gasteiger partial charge in [-0.05, 0) is 17.7 Å². The summed E-state index contributed by atoms with van der Waals surface area (Å²) in [5.74, 6) is 3.17. The van der Waals surface area contributed by atoms with Crippen molar-refractivity contribution in [2.45, 2.75) is 18.9 Å².